The van der Waals surface area contributed by atoms with E-state index in [2.05, 4.69) is 24.1 Å². The minimum atomic E-state index is -0.502. The highest BCUT2D eigenvalue weighted by Crippen LogP contribution is 2.37. The Kier molecular flexibility index (Phi) is 6.98. The van der Waals surface area contributed by atoms with E-state index in [1.54, 1.807) is 36.2 Å². The Morgan fingerprint density at radius 3 is 2.38 bits per heavy atom. The van der Waals surface area contributed by atoms with Crippen LogP contribution in [0.4, 0.5) is 10.5 Å². The zero-order chi connectivity index (χ0) is 24.2. The first-order chi connectivity index (χ1) is 16.4. The molecule has 0 radical (unpaired) electrons. The van der Waals surface area contributed by atoms with Crippen LogP contribution >= 0.6 is 0 Å². The Hall–Kier alpha value is -3.65. The molecule has 0 bridgehead atoms. The number of hydrogen-bond donors (Lipinski definition) is 1. The molecule has 2 aromatic carbocycles. The smallest absolute Gasteiger partial charge is 0.338 e. The van der Waals surface area contributed by atoms with Gasteiger partial charge in [0, 0.05) is 19.3 Å². The number of anilines is 1. The molecule has 2 aliphatic heterocycles. The predicted octanol–water partition coefficient (Wildman–Crippen LogP) is 3.18. The van der Waals surface area contributed by atoms with Gasteiger partial charge in [0.15, 0.2) is 0 Å². The van der Waals surface area contributed by atoms with Crippen molar-refractivity contribution in [3.05, 3.63) is 77.0 Å². The van der Waals surface area contributed by atoms with Crippen molar-refractivity contribution in [3.63, 3.8) is 0 Å². The number of urea groups is 1. The summed E-state index contributed by atoms with van der Waals surface area (Å²) in [4.78, 5) is 43.7. The predicted molar refractivity (Wildman–Crippen MR) is 129 cm³/mol. The summed E-state index contributed by atoms with van der Waals surface area (Å²) in [7, 11) is 1.67. The summed E-state index contributed by atoms with van der Waals surface area (Å²) in [5, 5.41) is 2.93. The number of likely N-dealkylation sites (N-methyl/N-ethyl adjacent to an activating group) is 2. The van der Waals surface area contributed by atoms with Crippen LogP contribution in [0.3, 0.4) is 0 Å². The lowest BCUT2D eigenvalue weighted by Crippen LogP contribution is -2.45. The van der Waals surface area contributed by atoms with E-state index in [9.17, 15) is 14.4 Å². The van der Waals surface area contributed by atoms with Crippen LogP contribution in [0.25, 0.3) is 0 Å². The van der Waals surface area contributed by atoms with Gasteiger partial charge >= 0.3 is 12.0 Å². The largest absolute Gasteiger partial charge is 0.461 e. The molecule has 2 heterocycles. The summed E-state index contributed by atoms with van der Waals surface area (Å²) < 4.78 is 5.39. The van der Waals surface area contributed by atoms with Gasteiger partial charge in [0.2, 0.25) is 0 Å². The van der Waals surface area contributed by atoms with Crippen LogP contribution in [0.2, 0.25) is 0 Å². The molecule has 0 unspecified atom stereocenters. The molecule has 8 nitrogen and oxygen atoms in total. The molecule has 2 aliphatic rings. The first kappa shape index (κ1) is 23.5. The van der Waals surface area contributed by atoms with Gasteiger partial charge in [-0.15, -0.1) is 0 Å². The highest BCUT2D eigenvalue weighted by molar-refractivity contribution is 6.11. The molecule has 0 spiro atoms. The minimum absolute atomic E-state index is 0.162. The number of nitrogens with zero attached hydrogens (tertiary/aromatic N) is 3. The summed E-state index contributed by atoms with van der Waals surface area (Å²) in [5.41, 5.74) is 3.20. The van der Waals surface area contributed by atoms with Gasteiger partial charge in [-0.2, -0.15) is 0 Å². The number of benzene rings is 2. The fourth-order valence-corrected chi connectivity index (χ4v) is 4.34. The fourth-order valence-electron chi connectivity index (χ4n) is 4.34. The lowest BCUT2D eigenvalue weighted by molar-refractivity contribution is -0.114. The maximum atomic E-state index is 13.5. The van der Waals surface area contributed by atoms with E-state index in [1.165, 1.54) is 4.90 Å². The molecule has 4 rings (SSSR count). The van der Waals surface area contributed by atoms with E-state index < -0.39 is 6.04 Å². The van der Waals surface area contributed by atoms with Crippen LogP contribution < -0.4 is 10.2 Å². The van der Waals surface area contributed by atoms with E-state index in [0.29, 0.717) is 35.7 Å². The molecule has 3 amide bonds. The van der Waals surface area contributed by atoms with Crippen molar-refractivity contribution < 1.29 is 19.1 Å². The van der Waals surface area contributed by atoms with Crippen LogP contribution in [0.15, 0.2) is 65.9 Å². The van der Waals surface area contributed by atoms with Gasteiger partial charge < -0.3 is 19.9 Å². The van der Waals surface area contributed by atoms with Gasteiger partial charge in [0.05, 0.1) is 29.4 Å². The Morgan fingerprint density at radius 1 is 1.06 bits per heavy atom. The van der Waals surface area contributed by atoms with Crippen molar-refractivity contribution >= 4 is 23.6 Å². The highest BCUT2D eigenvalue weighted by Gasteiger charge is 2.43. The standard InChI is InChI=1S/C26H30N4O4/c1-4-29(5-2)15-16-34-25(32)19-11-13-20(14-12-19)30-17-21-22(24(30)31)23(27-26(33)28(21)3)18-9-7-6-8-10-18/h6-14,23H,4-5,15-17H2,1-3H3,(H,27,33)/t23-/m0/s1. The van der Waals surface area contributed by atoms with Crippen molar-refractivity contribution in [1.82, 2.24) is 15.1 Å². The topological polar surface area (TPSA) is 82.2 Å². The molecule has 8 heteroatoms. The molecule has 0 aromatic heterocycles. The molecule has 1 N–H and O–H groups in total. The van der Waals surface area contributed by atoms with Crippen LogP contribution in [0.5, 0.6) is 0 Å². The molecule has 178 valence electrons. The molecule has 0 aliphatic carbocycles. The molecule has 1 atom stereocenters. The van der Waals surface area contributed by atoms with E-state index in [0.717, 1.165) is 18.7 Å². The molecular formula is C26H30N4O4. The van der Waals surface area contributed by atoms with Gasteiger partial charge in [0.1, 0.15) is 6.61 Å². The second-order valence-electron chi connectivity index (χ2n) is 8.31. The van der Waals surface area contributed by atoms with E-state index >= 15 is 0 Å². The Labute approximate surface area is 199 Å². The zero-order valence-electron chi connectivity index (χ0n) is 19.8. The highest BCUT2D eigenvalue weighted by atomic mass is 16.5. The number of hydrogen-bond acceptors (Lipinski definition) is 5. The van der Waals surface area contributed by atoms with Crippen molar-refractivity contribution in [2.75, 3.05) is 44.7 Å². The molecule has 34 heavy (non-hydrogen) atoms. The summed E-state index contributed by atoms with van der Waals surface area (Å²) in [6.45, 7) is 7.27. The number of rotatable bonds is 8. The minimum Gasteiger partial charge on any atom is -0.461 e. The second-order valence-corrected chi connectivity index (χ2v) is 8.31. The van der Waals surface area contributed by atoms with E-state index in [4.69, 9.17) is 4.74 Å². The monoisotopic (exact) mass is 462 g/mol. The van der Waals surface area contributed by atoms with Crippen LogP contribution in [0.1, 0.15) is 35.8 Å². The lowest BCUT2D eigenvalue weighted by Gasteiger charge is -2.31. The first-order valence-corrected chi connectivity index (χ1v) is 11.6. The van der Waals surface area contributed by atoms with Crippen molar-refractivity contribution in [3.8, 4) is 0 Å². The van der Waals surface area contributed by atoms with Gasteiger partial charge in [-0.1, -0.05) is 44.2 Å². The molecular weight excluding hydrogens is 432 g/mol. The summed E-state index contributed by atoms with van der Waals surface area (Å²) in [5.74, 6) is -0.548. The quantitative estimate of drug-likeness (QED) is 0.610. The molecule has 0 saturated heterocycles. The first-order valence-electron chi connectivity index (χ1n) is 11.6. The maximum Gasteiger partial charge on any atom is 0.338 e. The number of esters is 1. The van der Waals surface area contributed by atoms with Crippen LogP contribution in [0, 0.1) is 0 Å². The number of carbonyl (C=O) groups is 3. The number of amides is 3. The van der Waals surface area contributed by atoms with E-state index in [-0.39, 0.29) is 24.5 Å². The normalized spacial score (nSPS) is 17.8. The fraction of sp³-hybridized carbons (Fsp3) is 0.346. The van der Waals surface area contributed by atoms with Gasteiger partial charge in [-0.05, 0) is 42.9 Å². The maximum absolute atomic E-state index is 13.5. The van der Waals surface area contributed by atoms with Gasteiger partial charge in [-0.3, -0.25) is 9.69 Å². The third-order valence-electron chi connectivity index (χ3n) is 6.44. The van der Waals surface area contributed by atoms with Crippen LogP contribution in [-0.4, -0.2) is 67.5 Å². The second kappa shape index (κ2) is 10.1. The van der Waals surface area contributed by atoms with Gasteiger partial charge in [-0.25, -0.2) is 9.59 Å². The van der Waals surface area contributed by atoms with E-state index in [1.807, 2.05) is 30.3 Å². The Balaban J connectivity index is 1.48. The number of carbonyl (C=O) groups excluding carboxylic acids is 3. The lowest BCUT2D eigenvalue weighted by atomic mass is 9.96. The molecule has 2 aromatic rings. The summed E-state index contributed by atoms with van der Waals surface area (Å²) >= 11 is 0. The SMILES string of the molecule is CCN(CC)CCOC(=O)c1ccc(N2CC3=C(C2=O)[C@H](c2ccccc2)NC(=O)N3C)cc1. The average Bonchev–Trinajstić information content (AvgIpc) is 3.22. The third kappa shape index (κ3) is 4.54. The average molecular weight is 463 g/mol. The third-order valence-corrected chi connectivity index (χ3v) is 6.44. The van der Waals surface area contributed by atoms with Crippen molar-refractivity contribution in [2.24, 2.45) is 0 Å². The van der Waals surface area contributed by atoms with Gasteiger partial charge in [0.25, 0.3) is 5.91 Å². The Morgan fingerprint density at radius 2 is 1.74 bits per heavy atom. The molecule has 0 fully saturated rings. The summed E-state index contributed by atoms with van der Waals surface area (Å²) in [6, 6.07) is 15.5. The van der Waals surface area contributed by atoms with Crippen LogP contribution in [-0.2, 0) is 9.53 Å². The Bertz CT molecular complexity index is 1090. The molecule has 0 saturated carbocycles. The summed E-state index contributed by atoms with van der Waals surface area (Å²) in [6.07, 6.45) is 0. The van der Waals surface area contributed by atoms with Crippen molar-refractivity contribution in [1.29, 1.82) is 0 Å². The van der Waals surface area contributed by atoms with Crippen molar-refractivity contribution in [2.45, 2.75) is 19.9 Å². The zero-order valence-corrected chi connectivity index (χ0v) is 19.8. The number of ether oxygens (including phenoxy) is 1. The number of nitrogens with one attached hydrogen (secondary N) is 1.